The normalized spacial score (nSPS) is 16.3. The van der Waals surface area contributed by atoms with Gasteiger partial charge in [0, 0.05) is 12.6 Å². The summed E-state index contributed by atoms with van der Waals surface area (Å²) in [5, 5.41) is 3.22. The van der Waals surface area contributed by atoms with E-state index in [1.165, 1.54) is 19.3 Å². The fourth-order valence-electron chi connectivity index (χ4n) is 2.93. The maximum absolute atomic E-state index is 12.4. The van der Waals surface area contributed by atoms with E-state index < -0.39 is 10.0 Å². The van der Waals surface area contributed by atoms with Crippen LogP contribution in [-0.4, -0.2) is 33.5 Å². The molecule has 0 atom stereocenters. The summed E-state index contributed by atoms with van der Waals surface area (Å²) in [6.45, 7) is 4.21. The van der Waals surface area contributed by atoms with Gasteiger partial charge in [-0.3, -0.25) is 4.99 Å². The average Bonchev–Trinajstić information content (AvgIpc) is 2.55. The second kappa shape index (κ2) is 10.3. The van der Waals surface area contributed by atoms with E-state index in [-0.39, 0.29) is 30.5 Å². The number of sulfonamides is 1. The largest absolute Gasteiger partial charge is 0.370 e. The van der Waals surface area contributed by atoms with Gasteiger partial charge in [-0.05, 0) is 43.9 Å². The van der Waals surface area contributed by atoms with Crippen LogP contribution >= 0.6 is 24.0 Å². The van der Waals surface area contributed by atoms with Crippen molar-refractivity contribution in [2.24, 2.45) is 10.7 Å². The van der Waals surface area contributed by atoms with Gasteiger partial charge < -0.3 is 11.1 Å². The Hall–Kier alpha value is -0.870. The lowest BCUT2D eigenvalue weighted by Gasteiger charge is -2.23. The van der Waals surface area contributed by atoms with Crippen LogP contribution in [0.3, 0.4) is 0 Å². The number of nitrogens with one attached hydrogen (secondary N) is 2. The molecule has 0 unspecified atom stereocenters. The molecular weight excluding hydrogens is 451 g/mol. The summed E-state index contributed by atoms with van der Waals surface area (Å²) < 4.78 is 27.3. The first-order valence-electron chi connectivity index (χ1n) is 8.52. The molecule has 0 aromatic heterocycles. The lowest BCUT2D eigenvalue weighted by molar-refractivity contribution is 0.412. The van der Waals surface area contributed by atoms with Crippen LogP contribution in [0.15, 0.2) is 28.1 Å². The average molecular weight is 480 g/mol. The van der Waals surface area contributed by atoms with Gasteiger partial charge in [-0.25, -0.2) is 13.1 Å². The molecule has 0 spiro atoms. The maximum atomic E-state index is 12.4. The smallest absolute Gasteiger partial charge is 0.240 e. The van der Waals surface area contributed by atoms with Crippen molar-refractivity contribution in [1.82, 2.24) is 10.0 Å². The van der Waals surface area contributed by atoms with Gasteiger partial charge >= 0.3 is 0 Å². The summed E-state index contributed by atoms with van der Waals surface area (Å²) >= 11 is 0. The first-order chi connectivity index (χ1) is 11.4. The lowest BCUT2D eigenvalue weighted by atomic mass is 9.96. The van der Waals surface area contributed by atoms with Gasteiger partial charge in [0.15, 0.2) is 5.96 Å². The highest BCUT2D eigenvalue weighted by Crippen LogP contribution is 2.17. The number of halogens is 1. The van der Waals surface area contributed by atoms with Crippen molar-refractivity contribution in [2.45, 2.75) is 56.9 Å². The lowest BCUT2D eigenvalue weighted by Crippen LogP contribution is -2.41. The monoisotopic (exact) mass is 480 g/mol. The molecule has 0 bridgehead atoms. The molecule has 0 saturated heterocycles. The van der Waals surface area contributed by atoms with Crippen LogP contribution in [0.1, 0.15) is 43.2 Å². The molecule has 142 valence electrons. The predicted octanol–water partition coefficient (Wildman–Crippen LogP) is 2.44. The van der Waals surface area contributed by atoms with Gasteiger partial charge in [-0.15, -0.1) is 24.0 Å². The van der Waals surface area contributed by atoms with Gasteiger partial charge in [0.1, 0.15) is 0 Å². The molecule has 0 heterocycles. The molecule has 1 fully saturated rings. The molecule has 2 rings (SSSR count). The minimum Gasteiger partial charge on any atom is -0.370 e. The number of rotatable bonds is 6. The number of hydrogen-bond acceptors (Lipinski definition) is 3. The van der Waals surface area contributed by atoms with E-state index in [4.69, 9.17) is 5.73 Å². The Morgan fingerprint density at radius 1 is 1.24 bits per heavy atom. The van der Waals surface area contributed by atoms with Gasteiger partial charge in [0.25, 0.3) is 0 Å². The molecule has 1 aliphatic rings. The van der Waals surface area contributed by atoms with E-state index >= 15 is 0 Å². The van der Waals surface area contributed by atoms with E-state index in [2.05, 4.69) is 15.0 Å². The topological polar surface area (TPSA) is 96.6 Å². The molecule has 25 heavy (non-hydrogen) atoms. The van der Waals surface area contributed by atoms with E-state index in [0.29, 0.717) is 23.4 Å². The zero-order valence-electron chi connectivity index (χ0n) is 14.9. The molecule has 1 saturated carbocycles. The molecule has 4 N–H and O–H groups in total. The van der Waals surface area contributed by atoms with Crippen molar-refractivity contribution < 1.29 is 8.42 Å². The molecule has 1 aromatic carbocycles. The molecule has 0 radical (unpaired) electrons. The Labute approximate surface area is 168 Å². The highest BCUT2D eigenvalue weighted by Gasteiger charge is 2.16. The van der Waals surface area contributed by atoms with Crippen molar-refractivity contribution in [1.29, 1.82) is 0 Å². The van der Waals surface area contributed by atoms with Gasteiger partial charge in [-0.1, -0.05) is 31.4 Å². The fraction of sp³-hybridized carbons (Fsp3) is 0.588. The third kappa shape index (κ3) is 7.10. The number of nitrogens with zero attached hydrogens (tertiary/aromatic N) is 1. The van der Waals surface area contributed by atoms with Crippen molar-refractivity contribution in [3.05, 3.63) is 29.3 Å². The maximum Gasteiger partial charge on any atom is 0.240 e. The number of aryl methyl sites for hydroxylation is 2. The molecule has 6 nitrogen and oxygen atoms in total. The summed E-state index contributed by atoms with van der Waals surface area (Å²) in [7, 11) is -3.52. The standard InChI is InChI=1S/C17H28N4O2S.HI/c1-13-8-9-14(2)16(12-13)24(22,23)20-11-10-19-17(18)21-15-6-4-3-5-7-15;/h8-9,12,15,20H,3-7,10-11H2,1-2H3,(H3,18,19,21);1H. The predicted molar refractivity (Wildman–Crippen MR) is 113 cm³/mol. The molecule has 1 aliphatic carbocycles. The Morgan fingerprint density at radius 3 is 2.60 bits per heavy atom. The van der Waals surface area contributed by atoms with Crippen LogP contribution in [0.4, 0.5) is 0 Å². The quantitative estimate of drug-likeness (QED) is 0.252. The van der Waals surface area contributed by atoms with Crippen molar-refractivity contribution >= 4 is 40.0 Å². The molecule has 1 aromatic rings. The Kier molecular flexibility index (Phi) is 9.15. The summed E-state index contributed by atoms with van der Waals surface area (Å²) in [4.78, 5) is 4.53. The van der Waals surface area contributed by atoms with Crippen LogP contribution in [-0.2, 0) is 10.0 Å². The third-order valence-corrected chi connectivity index (χ3v) is 5.88. The minimum absolute atomic E-state index is 0. The van der Waals surface area contributed by atoms with Gasteiger partial charge in [0.2, 0.25) is 10.0 Å². The Balaban J connectivity index is 0.00000312. The molecule has 0 aliphatic heterocycles. The van der Waals surface area contributed by atoms with Crippen LogP contribution in [0, 0.1) is 13.8 Å². The summed E-state index contributed by atoms with van der Waals surface area (Å²) in [5.41, 5.74) is 7.52. The van der Waals surface area contributed by atoms with Crippen molar-refractivity contribution in [3.8, 4) is 0 Å². The molecular formula is C17H29IN4O2S. The minimum atomic E-state index is -3.52. The van der Waals surface area contributed by atoms with E-state index in [9.17, 15) is 8.42 Å². The number of aliphatic imine (C=N–C) groups is 1. The second-order valence-corrected chi connectivity index (χ2v) is 8.15. The SMILES string of the molecule is Cc1ccc(C)c(S(=O)(=O)NCCN=C(N)NC2CCCCC2)c1.I. The Bertz CT molecular complexity index is 686. The van der Waals surface area contributed by atoms with Crippen LogP contribution in [0.2, 0.25) is 0 Å². The Morgan fingerprint density at radius 2 is 1.92 bits per heavy atom. The summed E-state index contributed by atoms with van der Waals surface area (Å²) in [6.07, 6.45) is 5.97. The van der Waals surface area contributed by atoms with Gasteiger partial charge in [0.05, 0.1) is 11.4 Å². The summed E-state index contributed by atoms with van der Waals surface area (Å²) in [6, 6.07) is 5.79. The number of hydrogen-bond donors (Lipinski definition) is 3. The third-order valence-electron chi connectivity index (χ3n) is 4.28. The highest BCUT2D eigenvalue weighted by atomic mass is 127. The number of nitrogens with two attached hydrogens (primary N) is 1. The van der Waals surface area contributed by atoms with E-state index in [0.717, 1.165) is 24.0 Å². The van der Waals surface area contributed by atoms with Crippen LogP contribution < -0.4 is 15.8 Å². The van der Waals surface area contributed by atoms with Crippen LogP contribution in [0.25, 0.3) is 0 Å². The first kappa shape index (κ1) is 22.2. The number of benzene rings is 1. The highest BCUT2D eigenvalue weighted by molar-refractivity contribution is 14.0. The van der Waals surface area contributed by atoms with Gasteiger partial charge in [-0.2, -0.15) is 0 Å². The van der Waals surface area contributed by atoms with E-state index in [1.807, 2.05) is 19.1 Å². The zero-order valence-corrected chi connectivity index (χ0v) is 18.1. The zero-order chi connectivity index (χ0) is 17.6. The van der Waals surface area contributed by atoms with Crippen molar-refractivity contribution in [2.75, 3.05) is 13.1 Å². The fourth-order valence-corrected chi connectivity index (χ4v) is 4.28. The van der Waals surface area contributed by atoms with Crippen molar-refractivity contribution in [3.63, 3.8) is 0 Å². The molecule has 8 heteroatoms. The summed E-state index contributed by atoms with van der Waals surface area (Å²) in [5.74, 6) is 0.396. The van der Waals surface area contributed by atoms with Crippen LogP contribution in [0.5, 0.6) is 0 Å². The first-order valence-corrected chi connectivity index (χ1v) is 10.0. The molecule has 0 amide bonds. The second-order valence-electron chi connectivity index (χ2n) is 6.41. The number of guanidine groups is 1. The van der Waals surface area contributed by atoms with E-state index in [1.54, 1.807) is 13.0 Å².